The molecular weight excluding hydrogens is 262 g/mol. The highest BCUT2D eigenvalue weighted by Crippen LogP contribution is 2.37. The third-order valence-electron chi connectivity index (χ3n) is 3.82. The summed E-state index contributed by atoms with van der Waals surface area (Å²) in [5, 5.41) is 0.678. The number of fused-ring (bicyclic) bond motifs is 1. The minimum absolute atomic E-state index is 0.525. The van der Waals surface area contributed by atoms with E-state index in [1.807, 2.05) is 24.2 Å². The van der Waals surface area contributed by atoms with Gasteiger partial charge in [0, 0.05) is 17.5 Å². The molecule has 0 saturated heterocycles. The number of aromatic nitrogens is 3. The van der Waals surface area contributed by atoms with Crippen molar-refractivity contribution in [2.75, 3.05) is 6.26 Å². The van der Waals surface area contributed by atoms with Gasteiger partial charge in [0.15, 0.2) is 4.77 Å². The normalized spacial score (nSPS) is 24.5. The fourth-order valence-electron chi connectivity index (χ4n) is 2.96. The maximum atomic E-state index is 5.50. The van der Waals surface area contributed by atoms with Gasteiger partial charge in [0.05, 0.1) is 17.2 Å². The van der Waals surface area contributed by atoms with Crippen molar-refractivity contribution < 1.29 is 0 Å². The van der Waals surface area contributed by atoms with Crippen LogP contribution < -0.4 is 0 Å². The number of pyridine rings is 1. The SMILES string of the molecule is CSC1CCCCC1n1c(=S)[nH]c2cnccc21. The molecule has 1 saturated carbocycles. The zero-order valence-corrected chi connectivity index (χ0v) is 12.1. The maximum absolute atomic E-state index is 5.50. The van der Waals surface area contributed by atoms with Crippen LogP contribution in [-0.4, -0.2) is 26.0 Å². The lowest BCUT2D eigenvalue weighted by molar-refractivity contribution is 0.369. The molecule has 0 aliphatic heterocycles. The van der Waals surface area contributed by atoms with E-state index in [1.54, 1.807) is 0 Å². The van der Waals surface area contributed by atoms with Gasteiger partial charge in [-0.2, -0.15) is 11.8 Å². The highest BCUT2D eigenvalue weighted by atomic mass is 32.2. The molecule has 96 valence electrons. The van der Waals surface area contributed by atoms with Gasteiger partial charge in [-0.15, -0.1) is 0 Å². The first-order valence-electron chi connectivity index (χ1n) is 6.38. The number of aromatic amines is 1. The molecule has 2 unspecified atom stereocenters. The van der Waals surface area contributed by atoms with Gasteiger partial charge >= 0.3 is 0 Å². The summed E-state index contributed by atoms with van der Waals surface area (Å²) in [6.45, 7) is 0. The van der Waals surface area contributed by atoms with Gasteiger partial charge in [-0.25, -0.2) is 0 Å². The maximum Gasteiger partial charge on any atom is 0.178 e. The molecule has 0 spiro atoms. The quantitative estimate of drug-likeness (QED) is 0.845. The first-order chi connectivity index (χ1) is 8.81. The van der Waals surface area contributed by atoms with Crippen molar-refractivity contribution in [3.63, 3.8) is 0 Å². The summed E-state index contributed by atoms with van der Waals surface area (Å²) in [6, 6.07) is 2.59. The van der Waals surface area contributed by atoms with E-state index in [0.29, 0.717) is 11.3 Å². The smallest absolute Gasteiger partial charge is 0.178 e. The fraction of sp³-hybridized carbons (Fsp3) is 0.538. The van der Waals surface area contributed by atoms with E-state index in [4.69, 9.17) is 12.2 Å². The topological polar surface area (TPSA) is 33.6 Å². The zero-order valence-electron chi connectivity index (χ0n) is 10.4. The van der Waals surface area contributed by atoms with E-state index in [1.165, 1.54) is 31.2 Å². The Morgan fingerprint density at radius 1 is 1.44 bits per heavy atom. The fourth-order valence-corrected chi connectivity index (χ4v) is 4.27. The van der Waals surface area contributed by atoms with Gasteiger partial charge in [0.1, 0.15) is 0 Å². The molecule has 2 aromatic rings. The lowest BCUT2D eigenvalue weighted by Crippen LogP contribution is -2.25. The van der Waals surface area contributed by atoms with Crippen molar-refractivity contribution in [3.05, 3.63) is 23.2 Å². The average Bonchev–Trinajstić information content (AvgIpc) is 2.74. The van der Waals surface area contributed by atoms with E-state index in [0.717, 1.165) is 10.3 Å². The molecule has 1 aliphatic rings. The Labute approximate surface area is 116 Å². The number of rotatable bonds is 2. The molecule has 0 radical (unpaired) electrons. The lowest BCUT2D eigenvalue weighted by Gasteiger charge is -2.31. The Morgan fingerprint density at radius 3 is 3.11 bits per heavy atom. The first kappa shape index (κ1) is 12.2. The number of thioether (sulfide) groups is 1. The van der Waals surface area contributed by atoms with E-state index < -0.39 is 0 Å². The van der Waals surface area contributed by atoms with E-state index in [9.17, 15) is 0 Å². The molecular formula is C13H17N3S2. The van der Waals surface area contributed by atoms with E-state index in [2.05, 4.69) is 26.9 Å². The Hall–Kier alpha value is -0.810. The predicted octanol–water partition coefficient (Wildman–Crippen LogP) is 3.94. The van der Waals surface area contributed by atoms with Gasteiger partial charge in [0.2, 0.25) is 0 Å². The zero-order chi connectivity index (χ0) is 12.5. The Bertz CT molecular complexity index is 602. The molecule has 2 atom stereocenters. The number of imidazole rings is 1. The van der Waals surface area contributed by atoms with E-state index in [-0.39, 0.29) is 0 Å². The number of nitrogens with zero attached hydrogens (tertiary/aromatic N) is 2. The molecule has 0 amide bonds. The summed E-state index contributed by atoms with van der Waals surface area (Å²) in [5.41, 5.74) is 2.24. The van der Waals surface area contributed by atoms with Crippen LogP contribution in [0.2, 0.25) is 0 Å². The summed E-state index contributed by atoms with van der Waals surface area (Å²) in [7, 11) is 0. The Kier molecular flexibility index (Phi) is 3.43. The van der Waals surface area contributed by atoms with Crippen molar-refractivity contribution in [1.82, 2.24) is 14.5 Å². The van der Waals surface area contributed by atoms with Gasteiger partial charge in [-0.1, -0.05) is 12.8 Å². The second kappa shape index (κ2) is 5.05. The van der Waals surface area contributed by atoms with Gasteiger partial charge < -0.3 is 9.55 Å². The molecule has 1 aliphatic carbocycles. The van der Waals surface area contributed by atoms with Crippen LogP contribution in [0.1, 0.15) is 31.7 Å². The average molecular weight is 279 g/mol. The van der Waals surface area contributed by atoms with Crippen LogP contribution in [0.15, 0.2) is 18.5 Å². The van der Waals surface area contributed by atoms with Crippen molar-refractivity contribution in [1.29, 1.82) is 0 Å². The van der Waals surface area contributed by atoms with Crippen LogP contribution in [0.3, 0.4) is 0 Å². The number of hydrogen-bond acceptors (Lipinski definition) is 3. The minimum atomic E-state index is 0.525. The molecule has 2 aromatic heterocycles. The van der Waals surface area contributed by atoms with Crippen molar-refractivity contribution >= 4 is 35.0 Å². The monoisotopic (exact) mass is 279 g/mol. The predicted molar refractivity (Wildman–Crippen MR) is 79.7 cm³/mol. The first-order valence-corrected chi connectivity index (χ1v) is 8.08. The van der Waals surface area contributed by atoms with E-state index >= 15 is 0 Å². The Morgan fingerprint density at radius 2 is 2.28 bits per heavy atom. The summed E-state index contributed by atoms with van der Waals surface area (Å²) in [6.07, 6.45) is 11.1. The largest absolute Gasteiger partial charge is 0.329 e. The Balaban J connectivity index is 2.12. The highest BCUT2D eigenvalue weighted by molar-refractivity contribution is 7.99. The minimum Gasteiger partial charge on any atom is -0.329 e. The summed E-state index contributed by atoms with van der Waals surface area (Å²) in [4.78, 5) is 7.43. The summed E-state index contributed by atoms with van der Waals surface area (Å²) in [5.74, 6) is 0. The molecule has 0 aromatic carbocycles. The van der Waals surface area contributed by atoms with Gasteiger partial charge in [0.25, 0.3) is 0 Å². The third-order valence-corrected chi connectivity index (χ3v) is 5.27. The van der Waals surface area contributed by atoms with Crippen molar-refractivity contribution in [2.45, 2.75) is 37.0 Å². The second-order valence-corrected chi connectivity index (χ2v) is 6.28. The standard InChI is InChI=1S/C13H17N3S2/c1-18-12-5-3-2-4-11(12)16-10-6-7-14-8-9(10)15-13(16)17/h6-8,11-12H,2-5H2,1H3,(H,15,17). The van der Waals surface area contributed by atoms with Crippen LogP contribution in [0.5, 0.6) is 0 Å². The lowest BCUT2D eigenvalue weighted by atomic mass is 9.94. The van der Waals surface area contributed by atoms with Crippen molar-refractivity contribution in [2.24, 2.45) is 0 Å². The second-order valence-electron chi connectivity index (χ2n) is 4.82. The van der Waals surface area contributed by atoms with Crippen LogP contribution >= 0.6 is 24.0 Å². The number of nitrogens with one attached hydrogen (secondary N) is 1. The third kappa shape index (κ3) is 1.99. The van der Waals surface area contributed by atoms with Gasteiger partial charge in [-0.3, -0.25) is 4.98 Å². The highest BCUT2D eigenvalue weighted by Gasteiger charge is 2.27. The van der Waals surface area contributed by atoms with Gasteiger partial charge in [-0.05, 0) is 37.4 Å². The van der Waals surface area contributed by atoms with Crippen LogP contribution in [0, 0.1) is 4.77 Å². The molecule has 1 N–H and O–H groups in total. The van der Waals surface area contributed by atoms with Crippen LogP contribution in [0.25, 0.3) is 11.0 Å². The molecule has 3 nitrogen and oxygen atoms in total. The molecule has 0 bridgehead atoms. The van der Waals surface area contributed by atoms with Crippen LogP contribution in [0.4, 0.5) is 0 Å². The van der Waals surface area contributed by atoms with Crippen LogP contribution in [-0.2, 0) is 0 Å². The summed E-state index contributed by atoms with van der Waals surface area (Å²) < 4.78 is 3.15. The molecule has 1 fully saturated rings. The number of H-pyrrole nitrogens is 1. The summed E-state index contributed by atoms with van der Waals surface area (Å²) >= 11 is 7.48. The molecule has 2 heterocycles. The molecule has 3 rings (SSSR count). The molecule has 18 heavy (non-hydrogen) atoms. The van der Waals surface area contributed by atoms with Crippen molar-refractivity contribution in [3.8, 4) is 0 Å². The number of hydrogen-bond donors (Lipinski definition) is 1. The molecule has 5 heteroatoms.